The first-order valence-electron chi connectivity index (χ1n) is 6.96. The third-order valence-electron chi connectivity index (χ3n) is 3.27. The lowest BCUT2D eigenvalue weighted by Gasteiger charge is -2.28. The average molecular weight is 368 g/mol. The Labute approximate surface area is 138 Å². The molecule has 0 saturated heterocycles. The molecule has 0 aromatic heterocycles. The fourth-order valence-corrected chi connectivity index (χ4v) is 2.07. The highest BCUT2D eigenvalue weighted by molar-refractivity contribution is 5.83. The molecule has 1 aromatic carbocycles. The van der Waals surface area contributed by atoms with Crippen molar-refractivity contribution in [3.8, 4) is 0 Å². The smallest absolute Gasteiger partial charge is 0.331 e. The second-order valence-corrected chi connectivity index (χ2v) is 4.85. The first-order chi connectivity index (χ1) is 11.9. The highest BCUT2D eigenvalue weighted by Crippen LogP contribution is 2.34. The van der Waals surface area contributed by atoms with E-state index < -0.39 is 52.8 Å². The Hall–Kier alpha value is -2.04. The molecule has 0 spiro atoms. The normalized spacial score (nSPS) is 20.0. The molecule has 10 heteroatoms. The molecule has 0 unspecified atom stereocenters. The van der Waals surface area contributed by atoms with Gasteiger partial charge in [-0.1, -0.05) is 0 Å². The Morgan fingerprint density at radius 2 is 1.60 bits per heavy atom. The van der Waals surface area contributed by atoms with E-state index in [-0.39, 0.29) is 20.0 Å². The van der Waals surface area contributed by atoms with Crippen LogP contribution < -0.4 is 0 Å². The standard InChI is InChI=1S/C15H13F5O5/c1-22-4-5-23-6-24-7-2-3-8(21)25-15(7)9-10(16)12(18)14(20)13(19)11(9)17/h2-3,7,15H,4-6H2,1H3/t7-,15+/m0/s1. The highest BCUT2D eigenvalue weighted by atomic mass is 19.2. The van der Waals surface area contributed by atoms with Gasteiger partial charge in [0.15, 0.2) is 29.4 Å². The number of carbonyl (C=O) groups excluding carboxylic acids is 1. The van der Waals surface area contributed by atoms with Crippen LogP contribution >= 0.6 is 0 Å². The fraction of sp³-hybridized carbons (Fsp3) is 0.400. The summed E-state index contributed by atoms with van der Waals surface area (Å²) in [6.07, 6.45) is -1.20. The van der Waals surface area contributed by atoms with Crippen molar-refractivity contribution in [3.63, 3.8) is 0 Å². The second-order valence-electron chi connectivity index (χ2n) is 4.85. The number of esters is 1. The summed E-state index contributed by atoms with van der Waals surface area (Å²) in [7, 11) is 1.44. The molecule has 25 heavy (non-hydrogen) atoms. The van der Waals surface area contributed by atoms with Crippen LogP contribution in [0.4, 0.5) is 22.0 Å². The first kappa shape index (κ1) is 19.3. The summed E-state index contributed by atoms with van der Waals surface area (Å²) in [6.45, 7) is 0.00164. The average Bonchev–Trinajstić information content (AvgIpc) is 2.60. The lowest BCUT2D eigenvalue weighted by molar-refractivity contribution is -0.163. The number of rotatable bonds is 7. The number of cyclic esters (lactones) is 1. The quantitative estimate of drug-likeness (QED) is 0.185. The minimum atomic E-state index is -2.31. The van der Waals surface area contributed by atoms with Crippen LogP contribution in [0.25, 0.3) is 0 Å². The summed E-state index contributed by atoms with van der Waals surface area (Å²) in [5, 5.41) is 0. The van der Waals surface area contributed by atoms with Crippen LogP contribution in [0.3, 0.4) is 0 Å². The van der Waals surface area contributed by atoms with Crippen molar-refractivity contribution in [2.24, 2.45) is 0 Å². The molecule has 0 saturated carbocycles. The van der Waals surface area contributed by atoms with Gasteiger partial charge in [0.1, 0.15) is 12.9 Å². The summed E-state index contributed by atoms with van der Waals surface area (Å²) in [4.78, 5) is 11.3. The molecule has 0 radical (unpaired) electrons. The zero-order chi connectivity index (χ0) is 18.6. The third-order valence-corrected chi connectivity index (χ3v) is 3.27. The number of methoxy groups -OCH3 is 1. The van der Waals surface area contributed by atoms with E-state index in [0.29, 0.717) is 0 Å². The molecule has 0 fully saturated rings. The molecule has 1 heterocycles. The minimum absolute atomic E-state index is 0.139. The Morgan fingerprint density at radius 3 is 2.20 bits per heavy atom. The number of carbonyl (C=O) groups is 1. The molecule has 1 aliphatic heterocycles. The van der Waals surface area contributed by atoms with Crippen molar-refractivity contribution in [1.82, 2.24) is 0 Å². The molecule has 2 rings (SSSR count). The highest BCUT2D eigenvalue weighted by Gasteiger charge is 2.38. The lowest BCUT2D eigenvalue weighted by atomic mass is 10.00. The van der Waals surface area contributed by atoms with Crippen LogP contribution in [0.15, 0.2) is 12.2 Å². The van der Waals surface area contributed by atoms with Crippen molar-refractivity contribution < 1.29 is 45.7 Å². The van der Waals surface area contributed by atoms with Crippen LogP contribution in [0.1, 0.15) is 11.7 Å². The maximum Gasteiger partial charge on any atom is 0.331 e. The van der Waals surface area contributed by atoms with E-state index in [0.717, 1.165) is 12.2 Å². The van der Waals surface area contributed by atoms with E-state index in [9.17, 15) is 26.7 Å². The van der Waals surface area contributed by atoms with Gasteiger partial charge >= 0.3 is 5.97 Å². The lowest BCUT2D eigenvalue weighted by Crippen LogP contribution is -2.31. The molecule has 2 atom stereocenters. The molecule has 0 N–H and O–H groups in total. The number of ether oxygens (including phenoxy) is 4. The maximum atomic E-state index is 13.9. The Balaban J connectivity index is 2.28. The van der Waals surface area contributed by atoms with E-state index in [2.05, 4.69) is 0 Å². The summed E-state index contributed by atoms with van der Waals surface area (Å²) < 4.78 is 87.4. The number of benzene rings is 1. The van der Waals surface area contributed by atoms with Gasteiger partial charge in [0.05, 0.1) is 18.8 Å². The predicted octanol–water partition coefficient (Wildman–Crippen LogP) is 2.54. The number of hydrogen-bond acceptors (Lipinski definition) is 5. The van der Waals surface area contributed by atoms with E-state index >= 15 is 0 Å². The van der Waals surface area contributed by atoms with Gasteiger partial charge in [-0.3, -0.25) is 0 Å². The molecule has 1 aliphatic rings. The van der Waals surface area contributed by atoms with Crippen molar-refractivity contribution in [2.45, 2.75) is 12.2 Å². The van der Waals surface area contributed by atoms with Crippen molar-refractivity contribution in [3.05, 3.63) is 46.8 Å². The Morgan fingerprint density at radius 1 is 1.00 bits per heavy atom. The van der Waals surface area contributed by atoms with Crippen LogP contribution in [-0.4, -0.2) is 39.2 Å². The van der Waals surface area contributed by atoms with E-state index in [4.69, 9.17) is 18.9 Å². The van der Waals surface area contributed by atoms with Crippen molar-refractivity contribution in [1.29, 1.82) is 0 Å². The topological polar surface area (TPSA) is 54.0 Å². The van der Waals surface area contributed by atoms with Gasteiger partial charge < -0.3 is 18.9 Å². The van der Waals surface area contributed by atoms with Crippen LogP contribution in [0.5, 0.6) is 0 Å². The molecular weight excluding hydrogens is 355 g/mol. The van der Waals surface area contributed by atoms with Gasteiger partial charge in [-0.05, 0) is 6.08 Å². The zero-order valence-corrected chi connectivity index (χ0v) is 12.9. The first-order valence-corrected chi connectivity index (χ1v) is 6.96. The molecule has 0 amide bonds. The SMILES string of the molecule is COCCOCO[C@H]1C=CC(=O)O[C@H]1c1c(F)c(F)c(F)c(F)c1F. The second kappa shape index (κ2) is 8.37. The van der Waals surface area contributed by atoms with Crippen LogP contribution in [0.2, 0.25) is 0 Å². The number of hydrogen-bond donors (Lipinski definition) is 0. The fourth-order valence-electron chi connectivity index (χ4n) is 2.07. The summed E-state index contributed by atoms with van der Waals surface area (Å²) in [5.74, 6) is -11.8. The van der Waals surface area contributed by atoms with E-state index in [1.807, 2.05) is 0 Å². The number of halogens is 5. The van der Waals surface area contributed by atoms with E-state index in [1.165, 1.54) is 7.11 Å². The minimum Gasteiger partial charge on any atom is -0.451 e. The van der Waals surface area contributed by atoms with Gasteiger partial charge in [0.25, 0.3) is 0 Å². The monoisotopic (exact) mass is 368 g/mol. The third kappa shape index (κ3) is 4.14. The summed E-state index contributed by atoms with van der Waals surface area (Å²) in [5.41, 5.74) is -1.30. The van der Waals surface area contributed by atoms with Gasteiger partial charge in [-0.15, -0.1) is 0 Å². The van der Waals surface area contributed by atoms with Gasteiger partial charge in [0, 0.05) is 13.2 Å². The molecule has 0 aliphatic carbocycles. The Kier molecular flexibility index (Phi) is 6.45. The van der Waals surface area contributed by atoms with Gasteiger partial charge in [-0.2, -0.15) is 0 Å². The van der Waals surface area contributed by atoms with Crippen LogP contribution in [-0.2, 0) is 23.7 Å². The van der Waals surface area contributed by atoms with Crippen molar-refractivity contribution >= 4 is 5.97 Å². The molecule has 138 valence electrons. The molecule has 1 aromatic rings. The van der Waals surface area contributed by atoms with Gasteiger partial charge in [0.2, 0.25) is 5.82 Å². The molecule has 5 nitrogen and oxygen atoms in total. The summed E-state index contributed by atoms with van der Waals surface area (Å²) in [6, 6.07) is 0. The molecule has 0 bridgehead atoms. The largest absolute Gasteiger partial charge is 0.451 e. The maximum absolute atomic E-state index is 13.9. The van der Waals surface area contributed by atoms with Crippen LogP contribution in [0, 0.1) is 29.1 Å². The summed E-state index contributed by atoms with van der Waals surface area (Å²) >= 11 is 0. The Bertz CT molecular complexity index is 650. The van der Waals surface area contributed by atoms with E-state index in [1.54, 1.807) is 0 Å². The van der Waals surface area contributed by atoms with Crippen molar-refractivity contribution in [2.75, 3.05) is 27.1 Å². The zero-order valence-electron chi connectivity index (χ0n) is 12.9. The predicted molar refractivity (Wildman–Crippen MR) is 71.8 cm³/mol. The van der Waals surface area contributed by atoms with Gasteiger partial charge in [-0.25, -0.2) is 26.7 Å². The molecular formula is C15H13F5O5.